The van der Waals surface area contributed by atoms with Gasteiger partial charge in [-0.05, 0) is 122 Å². The second-order valence-corrected chi connectivity index (χ2v) is 12.0. The van der Waals surface area contributed by atoms with Crippen molar-refractivity contribution in [1.82, 2.24) is 20.2 Å². The van der Waals surface area contributed by atoms with Crippen molar-refractivity contribution in [1.29, 1.82) is 0 Å². The number of carbonyl (C=O) groups is 2. The lowest BCUT2D eigenvalue weighted by atomic mass is 9.98. The summed E-state index contributed by atoms with van der Waals surface area (Å²) >= 11 is 2.14. The Labute approximate surface area is 238 Å². The van der Waals surface area contributed by atoms with Gasteiger partial charge in [-0.25, -0.2) is 4.98 Å². The molecule has 38 heavy (non-hydrogen) atoms. The van der Waals surface area contributed by atoms with Crippen molar-refractivity contribution in [3.63, 3.8) is 0 Å². The molecular weight excluding hydrogens is 587 g/mol. The van der Waals surface area contributed by atoms with Crippen LogP contribution in [0.4, 0.5) is 0 Å². The molecule has 1 aromatic heterocycles. The van der Waals surface area contributed by atoms with Crippen LogP contribution in [0.25, 0.3) is 22.2 Å². The van der Waals surface area contributed by atoms with E-state index >= 15 is 0 Å². The summed E-state index contributed by atoms with van der Waals surface area (Å²) in [6.45, 7) is 13.1. The van der Waals surface area contributed by atoms with E-state index in [1.54, 1.807) is 12.1 Å². The largest absolute Gasteiger partial charge is 0.347 e. The third-order valence-corrected chi connectivity index (χ3v) is 7.27. The molecule has 198 valence electrons. The summed E-state index contributed by atoms with van der Waals surface area (Å²) in [5.74, 6) is 0.724. The zero-order valence-corrected chi connectivity index (χ0v) is 25.1. The van der Waals surface area contributed by atoms with E-state index in [9.17, 15) is 9.59 Å². The first-order valence-electron chi connectivity index (χ1n) is 12.9. The molecule has 0 saturated heterocycles. The molecule has 6 nitrogen and oxygen atoms in total. The lowest BCUT2D eigenvalue weighted by Crippen LogP contribution is -2.41. The van der Waals surface area contributed by atoms with Crippen LogP contribution >= 0.6 is 22.6 Å². The van der Waals surface area contributed by atoms with Crippen molar-refractivity contribution in [2.75, 3.05) is 6.54 Å². The fourth-order valence-corrected chi connectivity index (χ4v) is 5.25. The number of nitrogens with one attached hydrogen (secondary N) is 2. The summed E-state index contributed by atoms with van der Waals surface area (Å²) in [5.41, 5.74) is 7.26. The predicted molar refractivity (Wildman–Crippen MR) is 162 cm³/mol. The Morgan fingerprint density at radius 1 is 1.00 bits per heavy atom. The Morgan fingerprint density at radius 3 is 2.39 bits per heavy atom. The molecule has 0 bridgehead atoms. The minimum absolute atomic E-state index is 0.0355. The van der Waals surface area contributed by atoms with Crippen molar-refractivity contribution in [3.05, 3.63) is 86.2 Å². The van der Waals surface area contributed by atoms with Gasteiger partial charge in [-0.1, -0.05) is 25.1 Å². The van der Waals surface area contributed by atoms with Gasteiger partial charge in [0.1, 0.15) is 5.82 Å². The van der Waals surface area contributed by atoms with Gasteiger partial charge in [0.25, 0.3) is 11.8 Å². The molecule has 1 heterocycles. The summed E-state index contributed by atoms with van der Waals surface area (Å²) in [7, 11) is 0. The number of carbonyl (C=O) groups excluding carboxylic acids is 2. The summed E-state index contributed by atoms with van der Waals surface area (Å²) in [6.07, 6.45) is 0.851. The molecular formula is C31H35IN4O2. The van der Waals surface area contributed by atoms with Gasteiger partial charge in [-0.3, -0.25) is 9.59 Å². The van der Waals surface area contributed by atoms with Crippen LogP contribution in [0, 0.1) is 17.4 Å². The lowest BCUT2D eigenvalue weighted by molar-refractivity contribution is 0.0742. The highest BCUT2D eigenvalue weighted by atomic mass is 127. The highest BCUT2D eigenvalue weighted by Crippen LogP contribution is 2.27. The number of imidazole rings is 1. The quantitative estimate of drug-likeness (QED) is 0.217. The summed E-state index contributed by atoms with van der Waals surface area (Å²) in [4.78, 5) is 36.0. The number of nitrogens with zero attached hydrogens (tertiary/aromatic N) is 2. The zero-order chi connectivity index (χ0) is 27.6. The van der Waals surface area contributed by atoms with Crippen LogP contribution in [0.5, 0.6) is 0 Å². The molecule has 0 radical (unpaired) electrons. The van der Waals surface area contributed by atoms with E-state index in [0.29, 0.717) is 24.2 Å². The molecule has 7 heteroatoms. The van der Waals surface area contributed by atoms with Crippen molar-refractivity contribution < 1.29 is 9.59 Å². The monoisotopic (exact) mass is 622 g/mol. The number of halogens is 1. The van der Waals surface area contributed by atoms with E-state index in [0.717, 1.165) is 49.1 Å². The number of hydrogen-bond acceptors (Lipinski definition) is 3. The first-order valence-corrected chi connectivity index (χ1v) is 14.0. The second kappa shape index (κ2) is 11.3. The number of hydrogen-bond donors (Lipinski definition) is 2. The molecule has 0 aliphatic carbocycles. The molecule has 0 unspecified atom stereocenters. The van der Waals surface area contributed by atoms with E-state index in [1.165, 1.54) is 0 Å². The molecule has 2 N–H and O–H groups in total. The smallest absolute Gasteiger partial charge is 0.254 e. The number of rotatable bonds is 7. The van der Waals surface area contributed by atoms with Gasteiger partial charge in [-0.15, -0.1) is 0 Å². The van der Waals surface area contributed by atoms with Gasteiger partial charge in [0, 0.05) is 27.8 Å². The highest BCUT2D eigenvalue weighted by Gasteiger charge is 2.21. The molecule has 4 rings (SSSR count). The van der Waals surface area contributed by atoms with Crippen molar-refractivity contribution in [3.8, 4) is 11.1 Å². The van der Waals surface area contributed by atoms with E-state index in [2.05, 4.69) is 82.1 Å². The topological polar surface area (TPSA) is 78.1 Å². The Kier molecular flexibility index (Phi) is 8.25. The summed E-state index contributed by atoms with van der Waals surface area (Å²) in [6, 6.07) is 18.0. The van der Waals surface area contributed by atoms with Crippen LogP contribution in [-0.4, -0.2) is 38.8 Å². The van der Waals surface area contributed by atoms with E-state index in [4.69, 9.17) is 0 Å². The van der Waals surface area contributed by atoms with E-state index < -0.39 is 0 Å². The fourth-order valence-electron chi connectivity index (χ4n) is 4.49. The van der Waals surface area contributed by atoms with Crippen LogP contribution < -0.4 is 5.32 Å². The molecule has 0 spiro atoms. The van der Waals surface area contributed by atoms with Crippen molar-refractivity contribution in [2.24, 2.45) is 0 Å². The molecule has 3 aromatic carbocycles. The van der Waals surface area contributed by atoms with Crippen molar-refractivity contribution >= 4 is 45.4 Å². The predicted octanol–water partition coefficient (Wildman–Crippen LogP) is 7.03. The highest BCUT2D eigenvalue weighted by molar-refractivity contribution is 14.1. The SMILES string of the molecule is CCCN(Cc1cc(-c2ccc3nc(C)[nH]c3c2)ccc1C)C(=O)c1ccc(C(=O)NC(C)(C)C)c(I)c1. The van der Waals surface area contributed by atoms with Gasteiger partial charge in [0.2, 0.25) is 0 Å². The fraction of sp³-hybridized carbons (Fsp3) is 0.323. The Bertz CT molecular complexity index is 1500. The average molecular weight is 623 g/mol. The molecule has 4 aromatic rings. The first-order chi connectivity index (χ1) is 17.9. The number of aromatic amines is 1. The Hall–Kier alpha value is -3.20. The molecule has 0 fully saturated rings. The van der Waals surface area contributed by atoms with E-state index in [-0.39, 0.29) is 17.4 Å². The number of aryl methyl sites for hydroxylation is 2. The molecule has 2 amide bonds. The molecule has 0 atom stereocenters. The molecule has 0 saturated carbocycles. The first kappa shape index (κ1) is 27.8. The summed E-state index contributed by atoms with van der Waals surface area (Å²) in [5, 5.41) is 2.99. The number of H-pyrrole nitrogens is 1. The van der Waals surface area contributed by atoms with Crippen LogP contribution in [0.1, 0.15) is 71.8 Å². The zero-order valence-electron chi connectivity index (χ0n) is 22.9. The standard InChI is InChI=1S/C31H35IN4O2/c1-7-14-36(30(38)23-10-12-25(26(32)16-23)29(37)35-31(4,5)6)18-24-15-21(9-8-19(24)2)22-11-13-27-28(17-22)34-20(3)33-27/h8-13,15-17H,7,14,18H2,1-6H3,(H,33,34)(H,35,37). The summed E-state index contributed by atoms with van der Waals surface area (Å²) < 4.78 is 0.759. The number of fused-ring (bicyclic) bond motifs is 1. The van der Waals surface area contributed by atoms with Gasteiger partial charge in [0.05, 0.1) is 16.6 Å². The normalized spacial score (nSPS) is 11.6. The van der Waals surface area contributed by atoms with Gasteiger partial charge < -0.3 is 15.2 Å². The Morgan fingerprint density at radius 2 is 1.71 bits per heavy atom. The third kappa shape index (κ3) is 6.43. The van der Waals surface area contributed by atoms with Gasteiger partial charge in [0.15, 0.2) is 0 Å². The maximum absolute atomic E-state index is 13.6. The molecule has 0 aliphatic rings. The second-order valence-electron chi connectivity index (χ2n) is 10.8. The number of amides is 2. The van der Waals surface area contributed by atoms with Crippen LogP contribution in [-0.2, 0) is 6.54 Å². The number of aromatic nitrogens is 2. The van der Waals surface area contributed by atoms with Crippen LogP contribution in [0.2, 0.25) is 0 Å². The van der Waals surface area contributed by atoms with Crippen LogP contribution in [0.15, 0.2) is 54.6 Å². The van der Waals surface area contributed by atoms with Gasteiger partial charge in [-0.2, -0.15) is 0 Å². The maximum atomic E-state index is 13.6. The molecule has 0 aliphatic heterocycles. The lowest BCUT2D eigenvalue weighted by Gasteiger charge is -2.24. The minimum atomic E-state index is -0.331. The Balaban J connectivity index is 1.59. The van der Waals surface area contributed by atoms with Crippen LogP contribution in [0.3, 0.4) is 0 Å². The average Bonchev–Trinajstić information content (AvgIpc) is 3.22. The van der Waals surface area contributed by atoms with Gasteiger partial charge >= 0.3 is 0 Å². The maximum Gasteiger partial charge on any atom is 0.254 e. The van der Waals surface area contributed by atoms with E-state index in [1.807, 2.05) is 44.7 Å². The third-order valence-electron chi connectivity index (χ3n) is 6.37. The minimum Gasteiger partial charge on any atom is -0.347 e. The number of benzene rings is 3. The van der Waals surface area contributed by atoms with Crippen molar-refractivity contribution in [2.45, 2.75) is 60.0 Å².